The molecule has 6 nitrogen and oxygen atoms in total. The average Bonchev–Trinajstić information content (AvgIpc) is 2.45. The second-order valence-corrected chi connectivity index (χ2v) is 3.98. The Kier molecular flexibility index (Phi) is 6.22. The van der Waals surface area contributed by atoms with E-state index < -0.39 is 5.97 Å². The highest BCUT2D eigenvalue weighted by molar-refractivity contribution is 5.95. The van der Waals surface area contributed by atoms with Crippen LogP contribution in [-0.4, -0.2) is 46.6 Å². The fourth-order valence-corrected chi connectivity index (χ4v) is 1.60. The fourth-order valence-electron chi connectivity index (χ4n) is 1.60. The highest BCUT2D eigenvalue weighted by Gasteiger charge is 2.20. The van der Waals surface area contributed by atoms with Gasteiger partial charge in [-0.25, -0.2) is 4.98 Å². The number of carbonyl (C=O) groups excluding carboxylic acids is 1. The molecule has 6 heteroatoms. The molecule has 0 aliphatic heterocycles. The van der Waals surface area contributed by atoms with Gasteiger partial charge in [-0.2, -0.15) is 0 Å². The van der Waals surface area contributed by atoms with Crippen molar-refractivity contribution >= 4 is 11.9 Å². The van der Waals surface area contributed by atoms with Crippen molar-refractivity contribution in [2.75, 3.05) is 19.7 Å². The molecule has 0 aliphatic carbocycles. The van der Waals surface area contributed by atoms with Crippen molar-refractivity contribution in [2.24, 2.45) is 0 Å². The maximum atomic E-state index is 12.3. The third-order valence-corrected chi connectivity index (χ3v) is 2.59. The Balaban J connectivity index is 2.88. The Hall–Kier alpha value is -2.37. The van der Waals surface area contributed by atoms with Crippen LogP contribution in [0.2, 0.25) is 0 Å². The zero-order chi connectivity index (χ0) is 15.0. The van der Waals surface area contributed by atoms with E-state index in [4.69, 9.17) is 9.84 Å². The first kappa shape index (κ1) is 15.7. The summed E-state index contributed by atoms with van der Waals surface area (Å²) in [6, 6.07) is 3.32. The summed E-state index contributed by atoms with van der Waals surface area (Å²) in [4.78, 5) is 28.4. The fraction of sp³-hybridized carbons (Fsp3) is 0.357. The van der Waals surface area contributed by atoms with E-state index in [2.05, 4.69) is 11.6 Å². The maximum absolute atomic E-state index is 12.3. The first-order valence-corrected chi connectivity index (χ1v) is 6.30. The van der Waals surface area contributed by atoms with Gasteiger partial charge in [-0.1, -0.05) is 12.7 Å². The standard InChI is InChI=1S/C14H18N2O4/c1-3-10-20-11-6-5-8-15-13(11)14(19)16(4-2)9-7-12(17)18/h3,5-6,8H,1,4,7,9-10H2,2H3,(H,17,18). The minimum atomic E-state index is -0.944. The number of carboxylic acids is 1. The quantitative estimate of drug-likeness (QED) is 0.730. The highest BCUT2D eigenvalue weighted by Crippen LogP contribution is 2.17. The number of nitrogens with zero attached hydrogens (tertiary/aromatic N) is 2. The van der Waals surface area contributed by atoms with Crippen LogP contribution in [0.5, 0.6) is 5.75 Å². The van der Waals surface area contributed by atoms with E-state index in [9.17, 15) is 9.59 Å². The molecule has 20 heavy (non-hydrogen) atoms. The lowest BCUT2D eigenvalue weighted by atomic mass is 10.2. The van der Waals surface area contributed by atoms with E-state index in [-0.39, 0.29) is 31.2 Å². The average molecular weight is 278 g/mol. The maximum Gasteiger partial charge on any atom is 0.305 e. The van der Waals surface area contributed by atoms with Crippen molar-refractivity contribution in [1.29, 1.82) is 0 Å². The second-order valence-electron chi connectivity index (χ2n) is 3.98. The minimum Gasteiger partial charge on any atom is -0.487 e. The molecular formula is C14H18N2O4. The topological polar surface area (TPSA) is 79.7 Å². The lowest BCUT2D eigenvalue weighted by molar-refractivity contribution is -0.137. The first-order valence-electron chi connectivity index (χ1n) is 6.30. The second kappa shape index (κ2) is 7.93. The third kappa shape index (κ3) is 4.38. The highest BCUT2D eigenvalue weighted by atomic mass is 16.5. The van der Waals surface area contributed by atoms with Crippen molar-refractivity contribution in [1.82, 2.24) is 9.88 Å². The number of ether oxygens (including phenoxy) is 1. The van der Waals surface area contributed by atoms with Gasteiger partial charge in [0.2, 0.25) is 0 Å². The third-order valence-electron chi connectivity index (χ3n) is 2.59. The van der Waals surface area contributed by atoms with Gasteiger partial charge in [0.1, 0.15) is 6.61 Å². The molecule has 108 valence electrons. The molecule has 0 atom stereocenters. The number of carboxylic acid groups (broad SMARTS) is 1. The van der Waals surface area contributed by atoms with Crippen molar-refractivity contribution in [3.05, 3.63) is 36.7 Å². The van der Waals surface area contributed by atoms with Crippen LogP contribution in [0.4, 0.5) is 0 Å². The summed E-state index contributed by atoms with van der Waals surface area (Å²) in [7, 11) is 0. The summed E-state index contributed by atoms with van der Waals surface area (Å²) in [5.74, 6) is -0.917. The van der Waals surface area contributed by atoms with Gasteiger partial charge in [0.05, 0.1) is 6.42 Å². The van der Waals surface area contributed by atoms with Crippen LogP contribution in [0.1, 0.15) is 23.8 Å². The summed E-state index contributed by atoms with van der Waals surface area (Å²) < 4.78 is 5.38. The van der Waals surface area contributed by atoms with E-state index in [0.717, 1.165) is 0 Å². The van der Waals surface area contributed by atoms with E-state index in [0.29, 0.717) is 12.3 Å². The molecule has 0 unspecified atom stereocenters. The summed E-state index contributed by atoms with van der Waals surface area (Å²) in [5, 5.41) is 8.69. The monoisotopic (exact) mass is 278 g/mol. The van der Waals surface area contributed by atoms with Crippen LogP contribution in [0.3, 0.4) is 0 Å². The summed E-state index contributed by atoms with van der Waals surface area (Å²) in [6.07, 6.45) is 2.97. The smallest absolute Gasteiger partial charge is 0.305 e. The SMILES string of the molecule is C=CCOc1cccnc1C(=O)N(CC)CCC(=O)O. The number of aromatic nitrogens is 1. The molecule has 0 saturated heterocycles. The molecule has 1 N–H and O–H groups in total. The molecule has 0 fully saturated rings. The normalized spacial score (nSPS) is 9.85. The molecule has 1 aromatic rings. The van der Waals surface area contributed by atoms with Gasteiger partial charge >= 0.3 is 5.97 Å². The number of rotatable bonds is 8. The van der Waals surface area contributed by atoms with Gasteiger partial charge in [-0.05, 0) is 19.1 Å². The van der Waals surface area contributed by atoms with Crippen LogP contribution < -0.4 is 4.74 Å². The van der Waals surface area contributed by atoms with Gasteiger partial charge in [0.25, 0.3) is 5.91 Å². The molecule has 0 saturated carbocycles. The van der Waals surface area contributed by atoms with E-state index in [1.54, 1.807) is 25.1 Å². The van der Waals surface area contributed by atoms with E-state index >= 15 is 0 Å². The number of hydrogen-bond acceptors (Lipinski definition) is 4. The van der Waals surface area contributed by atoms with Crippen molar-refractivity contribution in [3.63, 3.8) is 0 Å². The molecule has 1 aromatic heterocycles. The van der Waals surface area contributed by atoms with Crippen LogP contribution >= 0.6 is 0 Å². The molecule has 1 heterocycles. The molecule has 0 aromatic carbocycles. The number of aliphatic carboxylic acids is 1. The Labute approximate surface area is 117 Å². The van der Waals surface area contributed by atoms with Crippen LogP contribution in [0.25, 0.3) is 0 Å². The predicted molar refractivity (Wildman–Crippen MR) is 73.8 cm³/mol. The predicted octanol–water partition coefficient (Wildman–Crippen LogP) is 1.58. The van der Waals surface area contributed by atoms with Gasteiger partial charge in [-0.15, -0.1) is 0 Å². The largest absolute Gasteiger partial charge is 0.487 e. The summed E-state index contributed by atoms with van der Waals surface area (Å²) in [6.45, 7) is 6.15. The summed E-state index contributed by atoms with van der Waals surface area (Å²) >= 11 is 0. The van der Waals surface area contributed by atoms with Gasteiger partial charge in [-0.3, -0.25) is 9.59 Å². The number of hydrogen-bond donors (Lipinski definition) is 1. The molecule has 0 radical (unpaired) electrons. The van der Waals surface area contributed by atoms with Gasteiger partial charge < -0.3 is 14.7 Å². The first-order chi connectivity index (χ1) is 9.60. The Morgan fingerprint density at radius 1 is 1.55 bits per heavy atom. The zero-order valence-electron chi connectivity index (χ0n) is 11.4. The lowest BCUT2D eigenvalue weighted by Gasteiger charge is -2.20. The van der Waals surface area contributed by atoms with Crippen LogP contribution in [-0.2, 0) is 4.79 Å². The van der Waals surface area contributed by atoms with Gasteiger partial charge in [0.15, 0.2) is 11.4 Å². The number of carbonyl (C=O) groups is 2. The lowest BCUT2D eigenvalue weighted by Crippen LogP contribution is -2.33. The molecule has 0 spiro atoms. The summed E-state index contributed by atoms with van der Waals surface area (Å²) in [5.41, 5.74) is 0.182. The van der Waals surface area contributed by atoms with Gasteiger partial charge in [0, 0.05) is 19.3 Å². The number of amides is 1. The minimum absolute atomic E-state index is 0.102. The van der Waals surface area contributed by atoms with Crippen molar-refractivity contribution in [3.8, 4) is 5.75 Å². The Morgan fingerprint density at radius 3 is 2.90 bits per heavy atom. The van der Waals surface area contributed by atoms with Crippen LogP contribution in [0, 0.1) is 0 Å². The molecule has 0 bridgehead atoms. The molecular weight excluding hydrogens is 260 g/mol. The molecule has 1 amide bonds. The molecule has 1 rings (SSSR count). The van der Waals surface area contributed by atoms with Crippen LogP contribution in [0.15, 0.2) is 31.0 Å². The Bertz CT molecular complexity index is 488. The Morgan fingerprint density at radius 2 is 2.30 bits per heavy atom. The van der Waals surface area contributed by atoms with E-state index in [1.165, 1.54) is 11.1 Å². The number of pyridine rings is 1. The van der Waals surface area contributed by atoms with E-state index in [1.807, 2.05) is 0 Å². The zero-order valence-corrected chi connectivity index (χ0v) is 11.4. The van der Waals surface area contributed by atoms with Crippen molar-refractivity contribution < 1.29 is 19.4 Å². The van der Waals surface area contributed by atoms with Crippen molar-refractivity contribution in [2.45, 2.75) is 13.3 Å². The molecule has 0 aliphatic rings.